The predicted molar refractivity (Wildman–Crippen MR) is 72.7 cm³/mol. The topological polar surface area (TPSA) is 41.6 Å². The van der Waals surface area contributed by atoms with Crippen molar-refractivity contribution in [3.05, 3.63) is 42.5 Å². The van der Waals surface area contributed by atoms with Crippen molar-refractivity contribution in [1.29, 1.82) is 0 Å². The fourth-order valence-electron chi connectivity index (χ4n) is 1.50. The second-order valence-corrected chi connectivity index (χ2v) is 3.91. The van der Waals surface area contributed by atoms with Crippen LogP contribution < -0.4 is 10.1 Å². The molecule has 4 nitrogen and oxygen atoms in total. The summed E-state index contributed by atoms with van der Waals surface area (Å²) in [5, 5.41) is 2.73. The first-order valence-electron chi connectivity index (χ1n) is 5.99. The molecular formula is C14H20N2O2. The lowest BCUT2D eigenvalue weighted by Crippen LogP contribution is -2.36. The van der Waals surface area contributed by atoms with Gasteiger partial charge in [-0.1, -0.05) is 18.2 Å². The summed E-state index contributed by atoms with van der Waals surface area (Å²) in [6, 6.07) is 7.64. The summed E-state index contributed by atoms with van der Waals surface area (Å²) in [7, 11) is 1.76. The summed E-state index contributed by atoms with van der Waals surface area (Å²) in [5.41, 5.74) is 1.06. The Hall–Kier alpha value is -1.97. The van der Waals surface area contributed by atoms with E-state index in [0.29, 0.717) is 19.7 Å². The molecule has 0 aromatic heterocycles. The molecule has 0 unspecified atom stereocenters. The molecule has 1 N–H and O–H groups in total. The standard InChI is InChI=1S/C14H20N2O2/c1-4-10-15-14(17)16(3)11-12-6-8-13(9-7-12)18-5-2/h4,6-9H,1,5,10-11H2,2-3H3,(H,15,17). The first-order valence-corrected chi connectivity index (χ1v) is 5.99. The van der Waals surface area contributed by atoms with E-state index in [1.807, 2.05) is 31.2 Å². The highest BCUT2D eigenvalue weighted by atomic mass is 16.5. The first kappa shape index (κ1) is 14.1. The first-order chi connectivity index (χ1) is 8.67. The van der Waals surface area contributed by atoms with Gasteiger partial charge in [-0.15, -0.1) is 6.58 Å². The van der Waals surface area contributed by atoms with Gasteiger partial charge >= 0.3 is 6.03 Å². The number of hydrogen-bond donors (Lipinski definition) is 1. The number of ether oxygens (including phenoxy) is 1. The van der Waals surface area contributed by atoms with Crippen LogP contribution in [0.1, 0.15) is 12.5 Å². The summed E-state index contributed by atoms with van der Waals surface area (Å²) >= 11 is 0. The van der Waals surface area contributed by atoms with E-state index in [9.17, 15) is 4.79 Å². The molecule has 0 spiro atoms. The van der Waals surface area contributed by atoms with Crippen molar-refractivity contribution in [3.63, 3.8) is 0 Å². The molecular weight excluding hydrogens is 228 g/mol. The van der Waals surface area contributed by atoms with Crippen molar-refractivity contribution in [1.82, 2.24) is 10.2 Å². The van der Waals surface area contributed by atoms with Crippen LogP contribution in [0, 0.1) is 0 Å². The van der Waals surface area contributed by atoms with Gasteiger partial charge in [0.2, 0.25) is 0 Å². The molecule has 0 saturated carbocycles. The highest BCUT2D eigenvalue weighted by Crippen LogP contribution is 2.13. The van der Waals surface area contributed by atoms with Crippen LogP contribution in [0.4, 0.5) is 4.79 Å². The van der Waals surface area contributed by atoms with Crippen molar-refractivity contribution in [3.8, 4) is 5.75 Å². The Bertz CT molecular complexity index is 387. The number of nitrogens with one attached hydrogen (secondary N) is 1. The summed E-state index contributed by atoms with van der Waals surface area (Å²) in [6.07, 6.45) is 1.66. The summed E-state index contributed by atoms with van der Waals surface area (Å²) in [6.45, 7) is 7.21. The Morgan fingerprint density at radius 1 is 1.44 bits per heavy atom. The van der Waals surface area contributed by atoms with Crippen molar-refractivity contribution < 1.29 is 9.53 Å². The van der Waals surface area contributed by atoms with Crippen LogP contribution >= 0.6 is 0 Å². The second kappa shape index (κ2) is 7.37. The van der Waals surface area contributed by atoms with Crippen LogP contribution in [0.3, 0.4) is 0 Å². The Morgan fingerprint density at radius 3 is 2.67 bits per heavy atom. The molecule has 0 bridgehead atoms. The van der Waals surface area contributed by atoms with Gasteiger partial charge in [-0.2, -0.15) is 0 Å². The van der Waals surface area contributed by atoms with Gasteiger partial charge in [0.25, 0.3) is 0 Å². The second-order valence-electron chi connectivity index (χ2n) is 3.91. The lowest BCUT2D eigenvalue weighted by Gasteiger charge is -2.17. The quantitative estimate of drug-likeness (QED) is 0.785. The number of urea groups is 1. The Labute approximate surface area is 108 Å². The van der Waals surface area contributed by atoms with Gasteiger partial charge in [0.1, 0.15) is 5.75 Å². The number of nitrogens with zero attached hydrogens (tertiary/aromatic N) is 1. The summed E-state index contributed by atoms with van der Waals surface area (Å²) in [5.74, 6) is 0.847. The number of carbonyl (C=O) groups is 1. The average Bonchev–Trinajstić information content (AvgIpc) is 2.38. The third-order valence-corrected chi connectivity index (χ3v) is 2.40. The zero-order valence-electron chi connectivity index (χ0n) is 11.0. The number of benzene rings is 1. The minimum Gasteiger partial charge on any atom is -0.494 e. The van der Waals surface area contributed by atoms with E-state index >= 15 is 0 Å². The molecule has 1 rings (SSSR count). The van der Waals surface area contributed by atoms with E-state index in [1.54, 1.807) is 18.0 Å². The van der Waals surface area contributed by atoms with Gasteiger partial charge in [0.05, 0.1) is 6.61 Å². The Balaban J connectivity index is 2.50. The number of amides is 2. The lowest BCUT2D eigenvalue weighted by molar-refractivity contribution is 0.208. The molecule has 98 valence electrons. The molecule has 0 aliphatic carbocycles. The zero-order valence-corrected chi connectivity index (χ0v) is 11.0. The van der Waals surface area contributed by atoms with Gasteiger partial charge in [-0.05, 0) is 24.6 Å². The molecule has 4 heteroatoms. The van der Waals surface area contributed by atoms with E-state index in [1.165, 1.54) is 0 Å². The van der Waals surface area contributed by atoms with E-state index in [0.717, 1.165) is 11.3 Å². The third-order valence-electron chi connectivity index (χ3n) is 2.40. The van der Waals surface area contributed by atoms with Crippen LogP contribution in [-0.2, 0) is 6.54 Å². The molecule has 1 aromatic carbocycles. The van der Waals surface area contributed by atoms with E-state index < -0.39 is 0 Å². The predicted octanol–water partition coefficient (Wildman–Crippen LogP) is 2.41. The van der Waals surface area contributed by atoms with Gasteiger partial charge in [-0.25, -0.2) is 4.79 Å². The third kappa shape index (κ3) is 4.49. The maximum atomic E-state index is 11.6. The van der Waals surface area contributed by atoms with Crippen molar-refractivity contribution in [2.24, 2.45) is 0 Å². The SMILES string of the molecule is C=CCNC(=O)N(C)Cc1ccc(OCC)cc1. The number of rotatable bonds is 6. The van der Waals surface area contributed by atoms with E-state index in [-0.39, 0.29) is 6.03 Å². The average molecular weight is 248 g/mol. The van der Waals surface area contributed by atoms with Crippen molar-refractivity contribution in [2.45, 2.75) is 13.5 Å². The molecule has 2 amide bonds. The fourth-order valence-corrected chi connectivity index (χ4v) is 1.50. The highest BCUT2D eigenvalue weighted by Gasteiger charge is 2.07. The molecule has 0 heterocycles. The zero-order chi connectivity index (χ0) is 13.4. The van der Waals surface area contributed by atoms with Crippen LogP contribution in [0.15, 0.2) is 36.9 Å². The van der Waals surface area contributed by atoms with Crippen LogP contribution in [0.2, 0.25) is 0 Å². The van der Waals surface area contributed by atoms with Gasteiger partial charge in [0, 0.05) is 20.1 Å². The van der Waals surface area contributed by atoms with Crippen LogP contribution in [0.5, 0.6) is 5.75 Å². The lowest BCUT2D eigenvalue weighted by atomic mass is 10.2. The fraction of sp³-hybridized carbons (Fsp3) is 0.357. The minimum atomic E-state index is -0.108. The highest BCUT2D eigenvalue weighted by molar-refractivity contribution is 5.73. The minimum absolute atomic E-state index is 0.108. The molecule has 0 saturated heterocycles. The van der Waals surface area contributed by atoms with Crippen LogP contribution in [0.25, 0.3) is 0 Å². The maximum Gasteiger partial charge on any atom is 0.317 e. The molecule has 0 radical (unpaired) electrons. The maximum absolute atomic E-state index is 11.6. The smallest absolute Gasteiger partial charge is 0.317 e. The van der Waals surface area contributed by atoms with Gasteiger partial charge in [-0.3, -0.25) is 0 Å². The molecule has 0 fully saturated rings. The molecule has 1 aromatic rings. The van der Waals surface area contributed by atoms with Crippen LogP contribution in [-0.4, -0.2) is 31.1 Å². The van der Waals surface area contributed by atoms with E-state index in [2.05, 4.69) is 11.9 Å². The Morgan fingerprint density at radius 2 is 2.11 bits per heavy atom. The molecule has 0 aliphatic rings. The summed E-state index contributed by atoms with van der Waals surface area (Å²) < 4.78 is 5.36. The largest absolute Gasteiger partial charge is 0.494 e. The summed E-state index contributed by atoms with van der Waals surface area (Å²) in [4.78, 5) is 13.2. The monoisotopic (exact) mass is 248 g/mol. The number of hydrogen-bond acceptors (Lipinski definition) is 2. The van der Waals surface area contributed by atoms with E-state index in [4.69, 9.17) is 4.74 Å². The van der Waals surface area contributed by atoms with Gasteiger partial charge < -0.3 is 15.0 Å². The Kier molecular flexibility index (Phi) is 5.77. The molecule has 0 aliphatic heterocycles. The van der Waals surface area contributed by atoms with Gasteiger partial charge in [0.15, 0.2) is 0 Å². The molecule has 0 atom stereocenters. The normalized spacial score (nSPS) is 9.67. The van der Waals surface area contributed by atoms with Crippen molar-refractivity contribution in [2.75, 3.05) is 20.2 Å². The number of carbonyl (C=O) groups excluding carboxylic acids is 1. The van der Waals surface area contributed by atoms with Crippen molar-refractivity contribution >= 4 is 6.03 Å². The molecule has 18 heavy (non-hydrogen) atoms.